The SMILES string of the molecule is OC/C=C/c1cccc(C2CC2)c1. The maximum Gasteiger partial charge on any atom is 0.0615 e. The molecule has 1 aliphatic rings. The maximum absolute atomic E-state index is 8.63. The number of aliphatic hydroxyl groups excluding tert-OH is 1. The molecule has 13 heavy (non-hydrogen) atoms. The molecule has 0 spiro atoms. The Bertz CT molecular complexity index is 311. The molecule has 1 saturated carbocycles. The Morgan fingerprint density at radius 3 is 2.92 bits per heavy atom. The molecular formula is C12H14O. The van der Waals surface area contributed by atoms with Gasteiger partial charge in [0.1, 0.15) is 0 Å². The summed E-state index contributed by atoms with van der Waals surface area (Å²) in [5, 5.41) is 8.63. The van der Waals surface area contributed by atoms with Crippen LogP contribution in [0.3, 0.4) is 0 Å². The second-order valence-electron chi connectivity index (χ2n) is 3.53. The Hall–Kier alpha value is -1.08. The van der Waals surface area contributed by atoms with Crippen LogP contribution >= 0.6 is 0 Å². The average Bonchev–Trinajstić information content (AvgIpc) is 2.98. The molecule has 0 unspecified atom stereocenters. The molecule has 1 fully saturated rings. The predicted octanol–water partition coefficient (Wildman–Crippen LogP) is 2.57. The van der Waals surface area contributed by atoms with E-state index in [1.165, 1.54) is 24.0 Å². The van der Waals surface area contributed by atoms with E-state index in [0.717, 1.165) is 5.92 Å². The van der Waals surface area contributed by atoms with E-state index in [-0.39, 0.29) is 6.61 Å². The summed E-state index contributed by atoms with van der Waals surface area (Å²) in [5.74, 6) is 0.808. The van der Waals surface area contributed by atoms with Gasteiger partial charge in [0.2, 0.25) is 0 Å². The third-order valence-corrected chi connectivity index (χ3v) is 2.38. The zero-order valence-electron chi connectivity index (χ0n) is 7.61. The third kappa shape index (κ3) is 2.19. The highest BCUT2D eigenvalue weighted by molar-refractivity contribution is 5.51. The normalized spacial score (nSPS) is 16.7. The van der Waals surface area contributed by atoms with Crippen molar-refractivity contribution in [3.05, 3.63) is 41.5 Å². The molecule has 0 amide bonds. The number of hydrogen-bond acceptors (Lipinski definition) is 1. The Morgan fingerprint density at radius 1 is 1.38 bits per heavy atom. The van der Waals surface area contributed by atoms with Crippen LogP contribution in [0.4, 0.5) is 0 Å². The smallest absolute Gasteiger partial charge is 0.0615 e. The fourth-order valence-corrected chi connectivity index (χ4v) is 1.52. The van der Waals surface area contributed by atoms with E-state index in [0.29, 0.717) is 0 Å². The number of aliphatic hydroxyl groups is 1. The topological polar surface area (TPSA) is 20.2 Å². The van der Waals surface area contributed by atoms with E-state index in [1.54, 1.807) is 6.08 Å². The number of benzene rings is 1. The molecule has 0 radical (unpaired) electrons. The van der Waals surface area contributed by atoms with Crippen LogP contribution in [0.25, 0.3) is 6.08 Å². The van der Waals surface area contributed by atoms with Gasteiger partial charge in [0.15, 0.2) is 0 Å². The van der Waals surface area contributed by atoms with Crippen LogP contribution in [0.2, 0.25) is 0 Å². The van der Waals surface area contributed by atoms with Gasteiger partial charge in [0, 0.05) is 0 Å². The molecule has 1 aromatic rings. The molecular weight excluding hydrogens is 160 g/mol. The van der Waals surface area contributed by atoms with E-state index < -0.39 is 0 Å². The largest absolute Gasteiger partial charge is 0.392 e. The first-order valence-electron chi connectivity index (χ1n) is 4.77. The summed E-state index contributed by atoms with van der Waals surface area (Å²) in [7, 11) is 0. The van der Waals surface area contributed by atoms with Crippen LogP contribution in [-0.2, 0) is 0 Å². The molecule has 0 saturated heterocycles. The Morgan fingerprint density at radius 2 is 2.23 bits per heavy atom. The van der Waals surface area contributed by atoms with E-state index in [9.17, 15) is 0 Å². The highest BCUT2D eigenvalue weighted by Gasteiger charge is 2.22. The minimum absolute atomic E-state index is 0.119. The van der Waals surface area contributed by atoms with Gasteiger partial charge < -0.3 is 5.11 Å². The number of hydrogen-bond donors (Lipinski definition) is 1. The second kappa shape index (κ2) is 3.75. The molecule has 1 aromatic carbocycles. The van der Waals surface area contributed by atoms with E-state index in [2.05, 4.69) is 24.3 Å². The highest BCUT2D eigenvalue weighted by Crippen LogP contribution is 2.40. The molecule has 2 rings (SSSR count). The van der Waals surface area contributed by atoms with Crippen molar-refractivity contribution >= 4 is 6.08 Å². The second-order valence-corrected chi connectivity index (χ2v) is 3.53. The third-order valence-electron chi connectivity index (χ3n) is 2.38. The summed E-state index contributed by atoms with van der Waals surface area (Å²) in [6, 6.07) is 8.56. The van der Waals surface area contributed by atoms with Gasteiger partial charge in [0.25, 0.3) is 0 Å². The van der Waals surface area contributed by atoms with E-state index in [4.69, 9.17) is 5.11 Å². The highest BCUT2D eigenvalue weighted by atomic mass is 16.2. The van der Waals surface area contributed by atoms with Crippen molar-refractivity contribution in [1.29, 1.82) is 0 Å². The first-order chi connectivity index (χ1) is 6.40. The first-order valence-corrected chi connectivity index (χ1v) is 4.77. The number of rotatable bonds is 3. The van der Waals surface area contributed by atoms with Gasteiger partial charge in [-0.25, -0.2) is 0 Å². The van der Waals surface area contributed by atoms with Crippen LogP contribution in [0.1, 0.15) is 29.9 Å². The Balaban J connectivity index is 2.16. The van der Waals surface area contributed by atoms with Crippen molar-refractivity contribution in [2.24, 2.45) is 0 Å². The molecule has 0 aromatic heterocycles. The van der Waals surface area contributed by atoms with Gasteiger partial charge >= 0.3 is 0 Å². The summed E-state index contributed by atoms with van der Waals surface area (Å²) in [6.45, 7) is 0.119. The van der Waals surface area contributed by atoms with Crippen molar-refractivity contribution in [3.63, 3.8) is 0 Å². The fourth-order valence-electron chi connectivity index (χ4n) is 1.52. The van der Waals surface area contributed by atoms with Crippen LogP contribution in [0.15, 0.2) is 30.3 Å². The van der Waals surface area contributed by atoms with Gasteiger partial charge in [-0.2, -0.15) is 0 Å². The van der Waals surface area contributed by atoms with Crippen LogP contribution in [-0.4, -0.2) is 11.7 Å². The quantitative estimate of drug-likeness (QED) is 0.746. The maximum atomic E-state index is 8.63. The van der Waals surface area contributed by atoms with E-state index >= 15 is 0 Å². The molecule has 1 aliphatic carbocycles. The molecule has 1 heteroatoms. The fraction of sp³-hybridized carbons (Fsp3) is 0.333. The molecule has 68 valence electrons. The van der Waals surface area contributed by atoms with E-state index in [1.807, 2.05) is 6.08 Å². The van der Waals surface area contributed by atoms with Crippen molar-refractivity contribution < 1.29 is 5.11 Å². The lowest BCUT2D eigenvalue weighted by molar-refractivity contribution is 0.343. The van der Waals surface area contributed by atoms with Crippen molar-refractivity contribution in [3.8, 4) is 0 Å². The zero-order chi connectivity index (χ0) is 9.10. The first kappa shape index (κ1) is 8.52. The van der Waals surface area contributed by atoms with Crippen LogP contribution in [0, 0.1) is 0 Å². The molecule has 0 heterocycles. The standard InChI is InChI=1S/C12H14O/c13-8-2-4-10-3-1-5-12(9-10)11-6-7-11/h1-5,9,11,13H,6-8H2/b4-2+. The summed E-state index contributed by atoms with van der Waals surface area (Å²) in [5.41, 5.74) is 2.64. The minimum Gasteiger partial charge on any atom is -0.392 e. The summed E-state index contributed by atoms with van der Waals surface area (Å²) in [4.78, 5) is 0. The average molecular weight is 174 g/mol. The summed E-state index contributed by atoms with van der Waals surface area (Å²) < 4.78 is 0. The van der Waals surface area contributed by atoms with Crippen molar-refractivity contribution in [2.45, 2.75) is 18.8 Å². The summed E-state index contributed by atoms with van der Waals surface area (Å²) >= 11 is 0. The van der Waals surface area contributed by atoms with Gasteiger partial charge in [-0.05, 0) is 29.9 Å². The lowest BCUT2D eigenvalue weighted by Gasteiger charge is -1.98. The monoisotopic (exact) mass is 174 g/mol. The van der Waals surface area contributed by atoms with Gasteiger partial charge in [-0.3, -0.25) is 0 Å². The molecule has 0 bridgehead atoms. The Kier molecular flexibility index (Phi) is 2.46. The van der Waals surface area contributed by atoms with Crippen molar-refractivity contribution in [1.82, 2.24) is 0 Å². The lowest BCUT2D eigenvalue weighted by atomic mass is 10.1. The van der Waals surface area contributed by atoms with Gasteiger partial charge in [-0.15, -0.1) is 0 Å². The Labute approximate surface area is 78.7 Å². The predicted molar refractivity (Wildman–Crippen MR) is 54.5 cm³/mol. The van der Waals surface area contributed by atoms with Gasteiger partial charge in [0.05, 0.1) is 6.61 Å². The lowest BCUT2D eigenvalue weighted by Crippen LogP contribution is -1.80. The summed E-state index contributed by atoms with van der Waals surface area (Å²) in [6.07, 6.45) is 6.41. The molecule has 1 N–H and O–H groups in total. The molecule has 0 atom stereocenters. The molecule has 1 nitrogen and oxygen atoms in total. The molecule has 0 aliphatic heterocycles. The van der Waals surface area contributed by atoms with Crippen molar-refractivity contribution in [2.75, 3.05) is 6.61 Å². The van der Waals surface area contributed by atoms with Gasteiger partial charge in [-0.1, -0.05) is 36.4 Å². The zero-order valence-corrected chi connectivity index (χ0v) is 7.61. The van der Waals surface area contributed by atoms with Crippen LogP contribution < -0.4 is 0 Å². The van der Waals surface area contributed by atoms with Crippen LogP contribution in [0.5, 0.6) is 0 Å². The minimum atomic E-state index is 0.119.